The predicted octanol–water partition coefficient (Wildman–Crippen LogP) is 4.68. The van der Waals surface area contributed by atoms with Crippen molar-refractivity contribution in [3.63, 3.8) is 0 Å². The molecule has 0 N–H and O–H groups in total. The van der Waals surface area contributed by atoms with Crippen LogP contribution >= 0.6 is 0 Å². The first-order valence-corrected chi connectivity index (χ1v) is 6.95. The van der Waals surface area contributed by atoms with E-state index in [1.54, 1.807) is 18.2 Å². The van der Waals surface area contributed by atoms with Crippen molar-refractivity contribution in [1.29, 1.82) is 0 Å². The lowest BCUT2D eigenvalue weighted by atomic mass is 9.99. The Morgan fingerprint density at radius 2 is 1.57 bits per heavy atom. The van der Waals surface area contributed by atoms with E-state index < -0.39 is 0 Å². The van der Waals surface area contributed by atoms with Gasteiger partial charge >= 0.3 is 5.97 Å². The van der Waals surface area contributed by atoms with Crippen LogP contribution in [0.4, 0.5) is 0 Å². The van der Waals surface area contributed by atoms with Crippen molar-refractivity contribution in [2.24, 2.45) is 5.41 Å². The molecule has 0 aliphatic rings. The molecule has 21 heavy (non-hydrogen) atoms. The number of hydrogen-bond acceptors (Lipinski definition) is 3. The van der Waals surface area contributed by atoms with Crippen molar-refractivity contribution < 1.29 is 14.3 Å². The second-order valence-electron chi connectivity index (χ2n) is 6.05. The number of esters is 1. The highest BCUT2D eigenvalue weighted by molar-refractivity contribution is 5.92. The van der Waals surface area contributed by atoms with E-state index in [0.29, 0.717) is 23.7 Å². The molecule has 0 aromatic heterocycles. The maximum Gasteiger partial charge on any atom is 0.341 e. The Morgan fingerprint density at radius 3 is 2.24 bits per heavy atom. The minimum Gasteiger partial charge on any atom is -0.461 e. The van der Waals surface area contributed by atoms with E-state index in [2.05, 4.69) is 0 Å². The van der Waals surface area contributed by atoms with Crippen LogP contribution in [0.2, 0.25) is 0 Å². The van der Waals surface area contributed by atoms with Gasteiger partial charge in [0.15, 0.2) is 0 Å². The summed E-state index contributed by atoms with van der Waals surface area (Å²) in [5.74, 6) is 0.827. The summed E-state index contributed by atoms with van der Waals surface area (Å²) < 4.78 is 11.1. The van der Waals surface area contributed by atoms with Gasteiger partial charge in [0.25, 0.3) is 0 Å². The summed E-state index contributed by atoms with van der Waals surface area (Å²) in [5, 5.41) is 0. The Hall–Kier alpha value is -2.29. The standard InChI is InChI=1S/C18H20O3/c1-18(2,3)13-20-17(19)15-11-7-8-12-16(15)21-14-9-5-4-6-10-14/h4-12H,13H2,1-3H3. The molecule has 0 fully saturated rings. The van der Waals surface area contributed by atoms with Crippen molar-refractivity contribution in [3.05, 3.63) is 60.2 Å². The van der Waals surface area contributed by atoms with Crippen LogP contribution in [0.25, 0.3) is 0 Å². The highest BCUT2D eigenvalue weighted by Crippen LogP contribution is 2.26. The lowest BCUT2D eigenvalue weighted by Crippen LogP contribution is -2.18. The molecule has 0 bridgehead atoms. The third-order valence-corrected chi connectivity index (χ3v) is 2.71. The fraction of sp³-hybridized carbons (Fsp3) is 0.278. The van der Waals surface area contributed by atoms with E-state index >= 15 is 0 Å². The van der Waals surface area contributed by atoms with Crippen LogP contribution in [0.1, 0.15) is 31.1 Å². The number of rotatable bonds is 4. The first-order chi connectivity index (χ1) is 9.96. The number of para-hydroxylation sites is 2. The molecule has 0 radical (unpaired) electrons. The van der Waals surface area contributed by atoms with Gasteiger partial charge in [-0.1, -0.05) is 51.1 Å². The van der Waals surface area contributed by atoms with Crippen LogP contribution in [0.3, 0.4) is 0 Å². The molecule has 0 saturated carbocycles. The van der Waals surface area contributed by atoms with Crippen LogP contribution in [-0.2, 0) is 4.74 Å². The Bertz CT molecular complexity index is 597. The van der Waals surface area contributed by atoms with Gasteiger partial charge in [-0.3, -0.25) is 0 Å². The quantitative estimate of drug-likeness (QED) is 0.765. The van der Waals surface area contributed by atoms with E-state index in [4.69, 9.17) is 9.47 Å². The Morgan fingerprint density at radius 1 is 0.952 bits per heavy atom. The molecule has 2 aromatic rings. The molecular weight excluding hydrogens is 264 g/mol. The van der Waals surface area contributed by atoms with Gasteiger partial charge in [0.1, 0.15) is 17.1 Å². The normalized spacial score (nSPS) is 11.0. The Labute approximate surface area is 125 Å². The minimum atomic E-state index is -0.364. The molecule has 0 saturated heterocycles. The third-order valence-electron chi connectivity index (χ3n) is 2.71. The number of benzene rings is 2. The number of carbonyl (C=O) groups excluding carboxylic acids is 1. The van der Waals surface area contributed by atoms with E-state index in [1.165, 1.54) is 0 Å². The molecule has 0 aliphatic heterocycles. The largest absolute Gasteiger partial charge is 0.461 e. The van der Waals surface area contributed by atoms with Crippen LogP contribution in [-0.4, -0.2) is 12.6 Å². The zero-order valence-electron chi connectivity index (χ0n) is 12.6. The summed E-state index contributed by atoms with van der Waals surface area (Å²) in [6.45, 7) is 6.43. The third kappa shape index (κ3) is 4.63. The maximum absolute atomic E-state index is 12.2. The monoisotopic (exact) mass is 284 g/mol. The first kappa shape index (κ1) is 15.1. The van der Waals surface area contributed by atoms with Crippen molar-refractivity contribution in [2.45, 2.75) is 20.8 Å². The van der Waals surface area contributed by atoms with Gasteiger partial charge in [-0.2, -0.15) is 0 Å². The zero-order chi connectivity index (χ0) is 15.3. The summed E-state index contributed by atoms with van der Waals surface area (Å²) in [6, 6.07) is 16.5. The molecule has 0 amide bonds. The SMILES string of the molecule is CC(C)(C)COC(=O)c1ccccc1Oc1ccccc1. The highest BCUT2D eigenvalue weighted by Gasteiger charge is 2.18. The molecule has 3 heteroatoms. The minimum absolute atomic E-state index is 0.0646. The number of carbonyl (C=O) groups is 1. The molecule has 0 unspecified atom stereocenters. The molecule has 0 spiro atoms. The van der Waals surface area contributed by atoms with Crippen LogP contribution in [0.15, 0.2) is 54.6 Å². The number of hydrogen-bond donors (Lipinski definition) is 0. The molecule has 110 valence electrons. The summed E-state index contributed by atoms with van der Waals surface area (Å²) >= 11 is 0. The summed E-state index contributed by atoms with van der Waals surface area (Å²) in [7, 11) is 0. The highest BCUT2D eigenvalue weighted by atomic mass is 16.5. The van der Waals surface area contributed by atoms with Gasteiger partial charge in [-0.05, 0) is 29.7 Å². The Kier molecular flexibility index (Phi) is 4.63. The van der Waals surface area contributed by atoms with Gasteiger partial charge in [0.2, 0.25) is 0 Å². The average molecular weight is 284 g/mol. The molecule has 3 nitrogen and oxygen atoms in total. The number of ether oxygens (including phenoxy) is 2. The molecular formula is C18H20O3. The first-order valence-electron chi connectivity index (χ1n) is 6.95. The Balaban J connectivity index is 2.15. The molecule has 0 atom stereocenters. The van der Waals surface area contributed by atoms with Gasteiger partial charge in [0.05, 0.1) is 6.61 Å². The topological polar surface area (TPSA) is 35.5 Å². The van der Waals surface area contributed by atoms with Crippen LogP contribution in [0.5, 0.6) is 11.5 Å². The van der Waals surface area contributed by atoms with Gasteiger partial charge in [-0.25, -0.2) is 4.79 Å². The summed E-state index contributed by atoms with van der Waals surface area (Å²) in [5.41, 5.74) is 0.371. The van der Waals surface area contributed by atoms with Crippen molar-refractivity contribution in [1.82, 2.24) is 0 Å². The van der Waals surface area contributed by atoms with E-state index in [0.717, 1.165) is 0 Å². The fourth-order valence-corrected chi connectivity index (χ4v) is 1.70. The van der Waals surface area contributed by atoms with Crippen LogP contribution in [0, 0.1) is 5.41 Å². The summed E-state index contributed by atoms with van der Waals surface area (Å²) in [6.07, 6.45) is 0. The van der Waals surface area contributed by atoms with Crippen LogP contribution < -0.4 is 4.74 Å². The van der Waals surface area contributed by atoms with Gasteiger partial charge in [0, 0.05) is 0 Å². The maximum atomic E-state index is 12.2. The predicted molar refractivity (Wildman–Crippen MR) is 82.7 cm³/mol. The van der Waals surface area contributed by atoms with Crippen molar-refractivity contribution >= 4 is 5.97 Å². The lowest BCUT2D eigenvalue weighted by Gasteiger charge is -2.18. The van der Waals surface area contributed by atoms with E-state index in [-0.39, 0.29) is 11.4 Å². The second kappa shape index (κ2) is 6.44. The molecule has 2 rings (SSSR count). The van der Waals surface area contributed by atoms with Gasteiger partial charge in [-0.15, -0.1) is 0 Å². The second-order valence-corrected chi connectivity index (χ2v) is 6.05. The van der Waals surface area contributed by atoms with Crippen molar-refractivity contribution in [2.75, 3.05) is 6.61 Å². The van der Waals surface area contributed by atoms with Gasteiger partial charge < -0.3 is 9.47 Å². The smallest absolute Gasteiger partial charge is 0.341 e. The molecule has 2 aromatic carbocycles. The molecule has 0 heterocycles. The average Bonchev–Trinajstić information content (AvgIpc) is 2.46. The van der Waals surface area contributed by atoms with E-state index in [1.807, 2.05) is 57.2 Å². The molecule has 0 aliphatic carbocycles. The lowest BCUT2D eigenvalue weighted by molar-refractivity contribution is 0.0364. The zero-order valence-corrected chi connectivity index (χ0v) is 12.6. The fourth-order valence-electron chi connectivity index (χ4n) is 1.70. The van der Waals surface area contributed by atoms with E-state index in [9.17, 15) is 4.79 Å². The summed E-state index contributed by atoms with van der Waals surface area (Å²) in [4.78, 5) is 12.2. The van der Waals surface area contributed by atoms with Crippen molar-refractivity contribution in [3.8, 4) is 11.5 Å².